The Bertz CT molecular complexity index is 455. The SMILES string of the molecule is Cc1ccc(OCOCC2CC2)c(C#CCCl)c1. The highest BCUT2D eigenvalue weighted by Crippen LogP contribution is 2.28. The number of halogens is 1. The van der Waals surface area contributed by atoms with Gasteiger partial charge in [-0.3, -0.25) is 0 Å². The molecule has 1 saturated carbocycles. The minimum absolute atomic E-state index is 0.287. The number of ether oxygens (including phenoxy) is 2. The molecule has 0 amide bonds. The minimum atomic E-state index is 0.287. The Morgan fingerprint density at radius 3 is 2.94 bits per heavy atom. The zero-order chi connectivity index (χ0) is 12.8. The molecule has 3 heteroatoms. The maximum absolute atomic E-state index is 5.60. The first kappa shape index (κ1) is 13.3. The van der Waals surface area contributed by atoms with Crippen LogP contribution < -0.4 is 4.74 Å². The van der Waals surface area contributed by atoms with Gasteiger partial charge < -0.3 is 9.47 Å². The van der Waals surface area contributed by atoms with Gasteiger partial charge in [-0.2, -0.15) is 0 Å². The summed E-state index contributed by atoms with van der Waals surface area (Å²) in [5.41, 5.74) is 2.02. The first-order chi connectivity index (χ1) is 8.79. The van der Waals surface area contributed by atoms with Crippen molar-refractivity contribution < 1.29 is 9.47 Å². The van der Waals surface area contributed by atoms with Crippen molar-refractivity contribution in [2.24, 2.45) is 5.92 Å². The van der Waals surface area contributed by atoms with E-state index in [1.165, 1.54) is 12.8 Å². The first-order valence-electron chi connectivity index (χ1n) is 6.15. The summed E-state index contributed by atoms with van der Waals surface area (Å²) in [7, 11) is 0. The highest BCUT2D eigenvalue weighted by molar-refractivity contribution is 6.19. The van der Waals surface area contributed by atoms with Crippen molar-refractivity contribution in [1.82, 2.24) is 0 Å². The lowest BCUT2D eigenvalue weighted by molar-refractivity contribution is 0.00982. The molecule has 96 valence electrons. The average Bonchev–Trinajstić information content (AvgIpc) is 3.18. The molecule has 0 atom stereocenters. The molecule has 0 aromatic heterocycles. The summed E-state index contributed by atoms with van der Waals surface area (Å²) < 4.78 is 11.1. The lowest BCUT2D eigenvalue weighted by atomic mass is 10.1. The fourth-order valence-corrected chi connectivity index (χ4v) is 1.67. The lowest BCUT2D eigenvalue weighted by Crippen LogP contribution is -2.06. The summed E-state index contributed by atoms with van der Waals surface area (Å²) in [5.74, 6) is 7.68. The van der Waals surface area contributed by atoms with Crippen molar-refractivity contribution in [3.63, 3.8) is 0 Å². The standard InChI is InChI=1S/C15H17ClO2/c1-12-4-7-15(14(9-12)3-2-8-16)18-11-17-10-13-5-6-13/h4,7,9,13H,5-6,8,10-11H2,1H3. The summed E-state index contributed by atoms with van der Waals surface area (Å²) in [6, 6.07) is 5.92. The topological polar surface area (TPSA) is 18.5 Å². The molecular weight excluding hydrogens is 248 g/mol. The number of hydrogen-bond acceptors (Lipinski definition) is 2. The van der Waals surface area contributed by atoms with Crippen LogP contribution in [-0.2, 0) is 4.74 Å². The molecule has 1 aromatic carbocycles. The smallest absolute Gasteiger partial charge is 0.189 e. The van der Waals surface area contributed by atoms with Gasteiger partial charge in [-0.25, -0.2) is 0 Å². The Morgan fingerprint density at radius 2 is 2.22 bits per heavy atom. The van der Waals surface area contributed by atoms with Crippen LogP contribution in [0.3, 0.4) is 0 Å². The molecule has 1 fully saturated rings. The van der Waals surface area contributed by atoms with Crippen LogP contribution in [0.25, 0.3) is 0 Å². The summed E-state index contributed by atoms with van der Waals surface area (Å²) in [5, 5.41) is 0. The molecule has 0 N–H and O–H groups in total. The zero-order valence-electron chi connectivity index (χ0n) is 10.5. The quantitative estimate of drug-likeness (QED) is 0.351. The summed E-state index contributed by atoms with van der Waals surface area (Å²) in [6.45, 7) is 3.11. The predicted octanol–water partition coefficient (Wildman–Crippen LogP) is 3.35. The van der Waals surface area contributed by atoms with Crippen LogP contribution >= 0.6 is 11.6 Å². The normalized spacial score (nSPS) is 13.9. The van der Waals surface area contributed by atoms with Gasteiger partial charge in [-0.1, -0.05) is 17.9 Å². The molecule has 2 nitrogen and oxygen atoms in total. The number of aryl methyl sites for hydroxylation is 1. The fourth-order valence-electron chi connectivity index (χ4n) is 1.60. The largest absolute Gasteiger partial charge is 0.466 e. The second-order valence-electron chi connectivity index (χ2n) is 4.51. The van der Waals surface area contributed by atoms with E-state index < -0.39 is 0 Å². The van der Waals surface area contributed by atoms with Crippen LogP contribution in [0.5, 0.6) is 5.75 Å². The lowest BCUT2D eigenvalue weighted by Gasteiger charge is -2.09. The molecule has 0 bridgehead atoms. The van der Waals surface area contributed by atoms with E-state index in [0.717, 1.165) is 29.4 Å². The van der Waals surface area contributed by atoms with Crippen molar-refractivity contribution >= 4 is 11.6 Å². The first-order valence-corrected chi connectivity index (χ1v) is 6.69. The van der Waals surface area contributed by atoms with Crippen molar-refractivity contribution in [1.29, 1.82) is 0 Å². The minimum Gasteiger partial charge on any atom is -0.466 e. The molecule has 1 aliphatic rings. The molecular formula is C15H17ClO2. The second-order valence-corrected chi connectivity index (χ2v) is 4.78. The molecule has 0 aliphatic heterocycles. The Balaban J connectivity index is 1.92. The van der Waals surface area contributed by atoms with Crippen LogP contribution in [0.1, 0.15) is 24.0 Å². The van der Waals surface area contributed by atoms with E-state index in [2.05, 4.69) is 11.8 Å². The van der Waals surface area contributed by atoms with E-state index >= 15 is 0 Å². The van der Waals surface area contributed by atoms with Gasteiger partial charge in [-0.15, -0.1) is 11.6 Å². The number of rotatable bonds is 5. The third-order valence-corrected chi connectivity index (χ3v) is 2.91. The van der Waals surface area contributed by atoms with E-state index in [1.54, 1.807) is 0 Å². The van der Waals surface area contributed by atoms with E-state index in [9.17, 15) is 0 Å². The molecule has 0 radical (unpaired) electrons. The summed E-state index contributed by atoms with van der Waals surface area (Å²) in [6.07, 6.45) is 2.58. The Morgan fingerprint density at radius 1 is 1.39 bits per heavy atom. The maximum Gasteiger partial charge on any atom is 0.189 e. The van der Waals surface area contributed by atoms with Gasteiger partial charge >= 0.3 is 0 Å². The molecule has 0 unspecified atom stereocenters. The van der Waals surface area contributed by atoms with Gasteiger partial charge in [0.05, 0.1) is 18.1 Å². The van der Waals surface area contributed by atoms with Crippen LogP contribution in [0.15, 0.2) is 18.2 Å². The van der Waals surface area contributed by atoms with E-state index in [1.807, 2.05) is 25.1 Å². The molecule has 0 heterocycles. The summed E-state index contributed by atoms with van der Waals surface area (Å²) >= 11 is 5.57. The van der Waals surface area contributed by atoms with E-state index in [0.29, 0.717) is 5.88 Å². The van der Waals surface area contributed by atoms with Crippen molar-refractivity contribution in [2.45, 2.75) is 19.8 Å². The second kappa shape index (κ2) is 6.68. The zero-order valence-corrected chi connectivity index (χ0v) is 11.3. The van der Waals surface area contributed by atoms with Gasteiger partial charge in [0.2, 0.25) is 0 Å². The van der Waals surface area contributed by atoms with Crippen molar-refractivity contribution in [3.8, 4) is 17.6 Å². The Hall–Kier alpha value is -1.17. The monoisotopic (exact) mass is 264 g/mol. The van der Waals surface area contributed by atoms with Crippen LogP contribution in [0.2, 0.25) is 0 Å². The highest BCUT2D eigenvalue weighted by Gasteiger charge is 2.21. The van der Waals surface area contributed by atoms with Crippen molar-refractivity contribution in [3.05, 3.63) is 29.3 Å². The third kappa shape index (κ3) is 4.25. The molecule has 2 rings (SSSR count). The van der Waals surface area contributed by atoms with Crippen LogP contribution in [0, 0.1) is 24.7 Å². The van der Waals surface area contributed by atoms with Gasteiger partial charge in [-0.05, 0) is 43.4 Å². The molecule has 18 heavy (non-hydrogen) atoms. The van der Waals surface area contributed by atoms with Gasteiger partial charge in [0.15, 0.2) is 6.79 Å². The van der Waals surface area contributed by atoms with Crippen LogP contribution in [0.4, 0.5) is 0 Å². The van der Waals surface area contributed by atoms with Gasteiger partial charge in [0, 0.05) is 0 Å². The Labute approximate surface area is 113 Å². The number of hydrogen-bond donors (Lipinski definition) is 0. The fraction of sp³-hybridized carbons (Fsp3) is 0.467. The Kier molecular flexibility index (Phi) is 4.92. The third-order valence-electron chi connectivity index (χ3n) is 2.77. The van der Waals surface area contributed by atoms with Gasteiger partial charge in [0.1, 0.15) is 5.75 Å². The molecule has 0 saturated heterocycles. The van der Waals surface area contributed by atoms with Crippen molar-refractivity contribution in [2.75, 3.05) is 19.3 Å². The molecule has 0 spiro atoms. The molecule has 1 aliphatic carbocycles. The van der Waals surface area contributed by atoms with E-state index in [-0.39, 0.29) is 6.79 Å². The molecule has 1 aromatic rings. The number of benzene rings is 1. The number of alkyl halides is 1. The summed E-state index contributed by atoms with van der Waals surface area (Å²) in [4.78, 5) is 0. The average molecular weight is 265 g/mol. The predicted molar refractivity (Wildman–Crippen MR) is 72.9 cm³/mol. The van der Waals surface area contributed by atoms with Gasteiger partial charge in [0.25, 0.3) is 0 Å². The highest BCUT2D eigenvalue weighted by atomic mass is 35.5. The van der Waals surface area contributed by atoms with E-state index in [4.69, 9.17) is 21.1 Å². The van der Waals surface area contributed by atoms with Crippen LogP contribution in [-0.4, -0.2) is 19.3 Å². The maximum atomic E-state index is 5.60.